The largest absolute Gasteiger partial charge is 0.495 e. The predicted molar refractivity (Wildman–Crippen MR) is 122 cm³/mol. The molecule has 10 nitrogen and oxygen atoms in total. The van der Waals surface area contributed by atoms with Crippen molar-refractivity contribution in [2.75, 3.05) is 12.4 Å². The summed E-state index contributed by atoms with van der Waals surface area (Å²) in [6.07, 6.45) is 1.23. The molecular weight excluding hydrogens is 428 g/mol. The van der Waals surface area contributed by atoms with Crippen LogP contribution < -0.4 is 15.6 Å². The number of nitrogens with one attached hydrogen (secondary N) is 1. The number of hydrogen-bond acceptors (Lipinski definition) is 7. The highest BCUT2D eigenvalue weighted by Crippen LogP contribution is 2.36. The molecule has 5 aromatic rings. The van der Waals surface area contributed by atoms with Crippen molar-refractivity contribution in [3.63, 3.8) is 0 Å². The van der Waals surface area contributed by atoms with Crippen molar-refractivity contribution in [3.8, 4) is 5.75 Å². The molecule has 0 radical (unpaired) electrons. The normalized spacial score (nSPS) is 11.2. The van der Waals surface area contributed by atoms with Gasteiger partial charge in [-0.2, -0.15) is 0 Å². The number of para-hydroxylation sites is 1. The minimum atomic E-state index is -0.594. The first kappa shape index (κ1) is 20.2. The molecule has 5 rings (SSSR count). The number of hydrogen-bond donors (Lipinski definition) is 1. The SMILES string of the molecule is COc1cc2c(cc1NC(=O)Cn1cnc3ccc([N+](=O)[O-])cc3c1=O)oc1ccccc12. The number of benzene rings is 3. The Bertz CT molecular complexity index is 1640. The number of nitro groups is 1. The van der Waals surface area contributed by atoms with Crippen molar-refractivity contribution < 1.29 is 18.9 Å². The summed E-state index contributed by atoms with van der Waals surface area (Å²) < 4.78 is 12.4. The Morgan fingerprint density at radius 2 is 1.94 bits per heavy atom. The molecule has 3 aromatic carbocycles. The molecule has 1 N–H and O–H groups in total. The number of carbonyl (C=O) groups is 1. The van der Waals surface area contributed by atoms with Gasteiger partial charge < -0.3 is 14.5 Å². The zero-order valence-electron chi connectivity index (χ0n) is 17.3. The van der Waals surface area contributed by atoms with E-state index < -0.39 is 16.4 Å². The summed E-state index contributed by atoms with van der Waals surface area (Å²) in [7, 11) is 1.49. The van der Waals surface area contributed by atoms with Crippen LogP contribution in [0.5, 0.6) is 5.75 Å². The molecule has 0 saturated heterocycles. The molecule has 2 aromatic heterocycles. The summed E-state index contributed by atoms with van der Waals surface area (Å²) in [6.45, 7) is -0.341. The predicted octanol–water partition coefficient (Wildman–Crippen LogP) is 3.85. The number of nitrogens with zero attached hydrogens (tertiary/aromatic N) is 3. The van der Waals surface area contributed by atoms with E-state index in [1.165, 1.54) is 25.6 Å². The second-order valence-corrected chi connectivity index (χ2v) is 7.33. The minimum Gasteiger partial charge on any atom is -0.495 e. The van der Waals surface area contributed by atoms with Crippen LogP contribution in [-0.2, 0) is 11.3 Å². The van der Waals surface area contributed by atoms with Crippen LogP contribution in [0.1, 0.15) is 0 Å². The van der Waals surface area contributed by atoms with E-state index in [9.17, 15) is 19.7 Å². The van der Waals surface area contributed by atoms with Crippen molar-refractivity contribution in [3.05, 3.63) is 81.4 Å². The lowest BCUT2D eigenvalue weighted by Gasteiger charge is -2.11. The monoisotopic (exact) mass is 444 g/mol. The van der Waals surface area contributed by atoms with Gasteiger partial charge in [0.05, 0.1) is 35.0 Å². The number of furan rings is 1. The van der Waals surface area contributed by atoms with Crippen molar-refractivity contribution >= 4 is 50.1 Å². The number of amides is 1. The van der Waals surface area contributed by atoms with E-state index in [2.05, 4.69) is 10.3 Å². The molecule has 0 bridgehead atoms. The van der Waals surface area contributed by atoms with Gasteiger partial charge in [-0.05, 0) is 18.2 Å². The summed E-state index contributed by atoms with van der Waals surface area (Å²) in [6, 6.07) is 14.8. The fourth-order valence-corrected chi connectivity index (χ4v) is 3.74. The Kier molecular flexibility index (Phi) is 4.74. The van der Waals surface area contributed by atoms with Gasteiger partial charge >= 0.3 is 0 Å². The smallest absolute Gasteiger partial charge is 0.270 e. The van der Waals surface area contributed by atoms with Crippen molar-refractivity contribution in [1.29, 1.82) is 0 Å². The average Bonchev–Trinajstić information content (AvgIpc) is 3.17. The molecule has 0 fully saturated rings. The van der Waals surface area contributed by atoms with Crippen LogP contribution in [0.4, 0.5) is 11.4 Å². The van der Waals surface area contributed by atoms with Crippen molar-refractivity contribution in [2.24, 2.45) is 0 Å². The zero-order chi connectivity index (χ0) is 23.1. The van der Waals surface area contributed by atoms with Crippen LogP contribution in [0.15, 0.2) is 70.1 Å². The third-order valence-corrected chi connectivity index (χ3v) is 5.31. The lowest BCUT2D eigenvalue weighted by atomic mass is 10.1. The summed E-state index contributed by atoms with van der Waals surface area (Å²) in [5, 5.41) is 15.6. The number of aromatic nitrogens is 2. The van der Waals surface area contributed by atoms with Crippen LogP contribution in [0, 0.1) is 10.1 Å². The highest BCUT2D eigenvalue weighted by Gasteiger charge is 2.16. The fourth-order valence-electron chi connectivity index (χ4n) is 3.74. The summed E-state index contributed by atoms with van der Waals surface area (Å²) in [4.78, 5) is 40.1. The summed E-state index contributed by atoms with van der Waals surface area (Å²) in [5.41, 5.74) is 1.18. The van der Waals surface area contributed by atoms with Gasteiger partial charge in [-0.25, -0.2) is 4.98 Å². The first-order valence-corrected chi connectivity index (χ1v) is 9.87. The Labute approximate surface area is 185 Å². The Morgan fingerprint density at radius 1 is 1.12 bits per heavy atom. The maximum Gasteiger partial charge on any atom is 0.270 e. The summed E-state index contributed by atoms with van der Waals surface area (Å²) >= 11 is 0. The average molecular weight is 444 g/mol. The number of carbonyl (C=O) groups excluding carboxylic acids is 1. The molecule has 0 aliphatic carbocycles. The number of methoxy groups -OCH3 is 1. The molecule has 0 spiro atoms. The molecule has 2 heterocycles. The molecular formula is C23H16N4O6. The number of non-ortho nitro benzene ring substituents is 1. The first-order chi connectivity index (χ1) is 15.9. The highest BCUT2D eigenvalue weighted by atomic mass is 16.6. The first-order valence-electron chi connectivity index (χ1n) is 9.87. The number of nitro benzene ring substituents is 1. The Hall–Kier alpha value is -4.73. The zero-order valence-corrected chi connectivity index (χ0v) is 17.3. The van der Waals surface area contributed by atoms with E-state index >= 15 is 0 Å². The summed E-state index contributed by atoms with van der Waals surface area (Å²) in [5.74, 6) is -0.0700. The lowest BCUT2D eigenvalue weighted by Crippen LogP contribution is -2.28. The van der Waals surface area contributed by atoms with Gasteiger partial charge in [0.1, 0.15) is 23.5 Å². The molecule has 10 heteroatoms. The van der Waals surface area contributed by atoms with Crippen LogP contribution in [0.25, 0.3) is 32.8 Å². The molecule has 0 aliphatic rings. The van der Waals surface area contributed by atoms with Gasteiger partial charge in [-0.1, -0.05) is 18.2 Å². The van der Waals surface area contributed by atoms with Crippen LogP contribution in [0.3, 0.4) is 0 Å². The van der Waals surface area contributed by atoms with E-state index in [1.807, 2.05) is 24.3 Å². The third-order valence-electron chi connectivity index (χ3n) is 5.31. The lowest BCUT2D eigenvalue weighted by molar-refractivity contribution is -0.384. The molecule has 164 valence electrons. The maximum absolute atomic E-state index is 12.8. The number of anilines is 1. The minimum absolute atomic E-state index is 0.0563. The fraction of sp³-hybridized carbons (Fsp3) is 0.0870. The van der Waals surface area contributed by atoms with E-state index in [4.69, 9.17) is 9.15 Å². The van der Waals surface area contributed by atoms with Crippen molar-refractivity contribution in [1.82, 2.24) is 9.55 Å². The second kappa shape index (κ2) is 7.75. The topological polar surface area (TPSA) is 130 Å². The van der Waals surface area contributed by atoms with E-state index in [0.717, 1.165) is 21.4 Å². The highest BCUT2D eigenvalue weighted by molar-refractivity contribution is 6.07. The number of fused-ring (bicyclic) bond motifs is 4. The molecule has 0 unspecified atom stereocenters. The van der Waals surface area contributed by atoms with Gasteiger partial charge in [0.25, 0.3) is 11.2 Å². The van der Waals surface area contributed by atoms with Crippen LogP contribution >= 0.6 is 0 Å². The van der Waals surface area contributed by atoms with Gasteiger partial charge in [0.2, 0.25) is 5.91 Å². The Morgan fingerprint density at radius 3 is 2.73 bits per heavy atom. The van der Waals surface area contributed by atoms with Gasteiger partial charge in [-0.3, -0.25) is 24.3 Å². The standard InChI is InChI=1S/C23H16N4O6/c1-32-21-9-15-14-4-2-3-5-19(14)33-20(15)10-18(21)25-22(28)11-26-12-24-17-7-6-13(27(30)31)8-16(17)23(26)29/h2-10,12H,11H2,1H3,(H,25,28). The molecule has 0 aliphatic heterocycles. The van der Waals surface area contributed by atoms with E-state index in [0.29, 0.717) is 28.1 Å². The molecule has 33 heavy (non-hydrogen) atoms. The maximum atomic E-state index is 12.8. The second-order valence-electron chi connectivity index (χ2n) is 7.33. The van der Waals surface area contributed by atoms with Gasteiger partial charge in [-0.15, -0.1) is 0 Å². The third kappa shape index (κ3) is 3.53. The van der Waals surface area contributed by atoms with Crippen LogP contribution in [-0.4, -0.2) is 27.5 Å². The van der Waals surface area contributed by atoms with Gasteiger partial charge in [0.15, 0.2) is 0 Å². The van der Waals surface area contributed by atoms with Crippen molar-refractivity contribution in [2.45, 2.75) is 6.54 Å². The van der Waals surface area contributed by atoms with Crippen LogP contribution in [0.2, 0.25) is 0 Å². The molecule has 0 atom stereocenters. The number of ether oxygens (including phenoxy) is 1. The Balaban J connectivity index is 1.47. The quantitative estimate of drug-likeness (QED) is 0.322. The van der Waals surface area contributed by atoms with E-state index in [1.54, 1.807) is 12.1 Å². The number of rotatable bonds is 5. The van der Waals surface area contributed by atoms with Gasteiger partial charge in [0, 0.05) is 29.0 Å². The molecule has 0 saturated carbocycles. The molecule has 1 amide bonds. The van der Waals surface area contributed by atoms with E-state index in [-0.39, 0.29) is 17.6 Å².